The summed E-state index contributed by atoms with van der Waals surface area (Å²) in [6.45, 7) is 3.01. The molecule has 0 aliphatic rings. The largest absolute Gasteiger partial charge is 0.310 e. The Hall–Kier alpha value is -1.03. The molecule has 20 heavy (non-hydrogen) atoms. The number of nitrogens with one attached hydrogen (secondary N) is 1. The molecule has 0 bridgehead atoms. The fourth-order valence-electron chi connectivity index (χ4n) is 2.32. The van der Waals surface area contributed by atoms with E-state index in [1.54, 1.807) is 6.07 Å². The molecule has 3 nitrogen and oxygen atoms in total. The Bertz CT molecular complexity index is 546. The van der Waals surface area contributed by atoms with Gasteiger partial charge in [0, 0.05) is 29.3 Å². The van der Waals surface area contributed by atoms with Gasteiger partial charge in [-0.15, -0.1) is 0 Å². The van der Waals surface area contributed by atoms with Crippen molar-refractivity contribution in [3.63, 3.8) is 0 Å². The Labute approximate surface area is 129 Å². The zero-order chi connectivity index (χ0) is 14.5. The summed E-state index contributed by atoms with van der Waals surface area (Å²) in [7, 11) is 1.93. The molecule has 1 aromatic heterocycles. The first kappa shape index (κ1) is 15.4. The van der Waals surface area contributed by atoms with Gasteiger partial charge in [-0.05, 0) is 48.7 Å². The smallest absolute Gasteiger partial charge is 0.0521 e. The lowest BCUT2D eigenvalue weighted by atomic mass is 10.00. The lowest BCUT2D eigenvalue weighted by molar-refractivity contribution is 0.515. The average Bonchev–Trinajstić information content (AvgIpc) is 2.79. The molecule has 0 aliphatic carbocycles. The van der Waals surface area contributed by atoms with Gasteiger partial charge in [0.1, 0.15) is 0 Å². The van der Waals surface area contributed by atoms with Crippen LogP contribution in [-0.4, -0.2) is 16.3 Å². The minimum Gasteiger partial charge on any atom is -0.310 e. The molecule has 1 heterocycles. The SMILES string of the molecule is CCNC(CCc1cnn(C)c1)c1cc(Cl)cc(Cl)c1. The number of halogens is 2. The third-order valence-corrected chi connectivity index (χ3v) is 3.65. The van der Waals surface area contributed by atoms with Gasteiger partial charge in [0.15, 0.2) is 0 Å². The topological polar surface area (TPSA) is 29.9 Å². The summed E-state index contributed by atoms with van der Waals surface area (Å²) in [6, 6.07) is 5.96. The first-order valence-corrected chi connectivity index (χ1v) is 7.51. The van der Waals surface area contributed by atoms with E-state index in [9.17, 15) is 0 Å². The molecule has 5 heteroatoms. The summed E-state index contributed by atoms with van der Waals surface area (Å²) < 4.78 is 1.83. The minimum atomic E-state index is 0.247. The van der Waals surface area contributed by atoms with Crippen LogP contribution in [0.5, 0.6) is 0 Å². The number of rotatable bonds is 6. The fraction of sp³-hybridized carbons (Fsp3) is 0.400. The predicted octanol–water partition coefficient (Wildman–Crippen LogP) is 4.01. The summed E-state index contributed by atoms with van der Waals surface area (Å²) in [5.41, 5.74) is 2.37. The molecule has 1 unspecified atom stereocenters. The summed E-state index contributed by atoms with van der Waals surface area (Å²) in [5, 5.41) is 9.04. The van der Waals surface area contributed by atoms with Crippen LogP contribution >= 0.6 is 23.2 Å². The van der Waals surface area contributed by atoms with Crippen molar-refractivity contribution in [3.8, 4) is 0 Å². The van der Waals surface area contributed by atoms with Crippen molar-refractivity contribution >= 4 is 23.2 Å². The maximum absolute atomic E-state index is 6.09. The van der Waals surface area contributed by atoms with Gasteiger partial charge in [0.05, 0.1) is 6.20 Å². The molecule has 1 N–H and O–H groups in total. The van der Waals surface area contributed by atoms with Crippen LogP contribution in [0.2, 0.25) is 10.0 Å². The van der Waals surface area contributed by atoms with Crippen molar-refractivity contribution in [2.24, 2.45) is 7.05 Å². The number of aryl methyl sites for hydroxylation is 2. The van der Waals surface area contributed by atoms with E-state index in [4.69, 9.17) is 23.2 Å². The van der Waals surface area contributed by atoms with E-state index in [1.165, 1.54) is 5.56 Å². The van der Waals surface area contributed by atoms with Crippen LogP contribution in [0.3, 0.4) is 0 Å². The second kappa shape index (κ2) is 7.11. The molecular formula is C15H19Cl2N3. The second-order valence-electron chi connectivity index (χ2n) is 4.87. The lowest BCUT2D eigenvalue weighted by Crippen LogP contribution is -2.21. The van der Waals surface area contributed by atoms with E-state index in [-0.39, 0.29) is 6.04 Å². The standard InChI is InChI=1S/C15H19Cl2N3/c1-3-18-15(5-4-11-9-19-20(2)10-11)12-6-13(16)8-14(17)7-12/h6-10,15,18H,3-5H2,1-2H3. The average molecular weight is 312 g/mol. The van der Waals surface area contributed by atoms with Crippen LogP contribution in [0.15, 0.2) is 30.6 Å². The molecule has 108 valence electrons. The number of hydrogen-bond acceptors (Lipinski definition) is 2. The van der Waals surface area contributed by atoms with Gasteiger partial charge >= 0.3 is 0 Å². The quantitative estimate of drug-likeness (QED) is 0.873. The normalized spacial score (nSPS) is 12.6. The van der Waals surface area contributed by atoms with E-state index in [1.807, 2.05) is 36.3 Å². The Morgan fingerprint density at radius 2 is 1.95 bits per heavy atom. The molecule has 0 saturated heterocycles. The summed E-state index contributed by atoms with van der Waals surface area (Å²) in [6.07, 6.45) is 5.91. The third-order valence-electron chi connectivity index (χ3n) is 3.22. The van der Waals surface area contributed by atoms with E-state index in [0.29, 0.717) is 10.0 Å². The summed E-state index contributed by atoms with van der Waals surface area (Å²) in [4.78, 5) is 0. The van der Waals surface area contributed by atoms with E-state index < -0.39 is 0 Å². The summed E-state index contributed by atoms with van der Waals surface area (Å²) >= 11 is 12.2. The van der Waals surface area contributed by atoms with Crippen molar-refractivity contribution in [2.45, 2.75) is 25.8 Å². The van der Waals surface area contributed by atoms with E-state index in [2.05, 4.69) is 17.3 Å². The van der Waals surface area contributed by atoms with Crippen molar-refractivity contribution in [1.82, 2.24) is 15.1 Å². The molecular weight excluding hydrogens is 293 g/mol. The molecule has 0 fully saturated rings. The van der Waals surface area contributed by atoms with Crippen molar-refractivity contribution < 1.29 is 0 Å². The molecule has 2 rings (SSSR count). The van der Waals surface area contributed by atoms with Gasteiger partial charge in [-0.3, -0.25) is 4.68 Å². The van der Waals surface area contributed by atoms with Gasteiger partial charge in [-0.1, -0.05) is 30.1 Å². The number of hydrogen-bond donors (Lipinski definition) is 1. The Balaban J connectivity index is 2.09. The van der Waals surface area contributed by atoms with E-state index >= 15 is 0 Å². The monoisotopic (exact) mass is 311 g/mol. The van der Waals surface area contributed by atoms with Crippen LogP contribution in [0, 0.1) is 0 Å². The molecule has 1 aromatic carbocycles. The molecule has 0 spiro atoms. The molecule has 0 saturated carbocycles. The van der Waals surface area contributed by atoms with Crippen LogP contribution in [-0.2, 0) is 13.5 Å². The van der Waals surface area contributed by atoms with Crippen LogP contribution in [0.25, 0.3) is 0 Å². The molecule has 0 radical (unpaired) electrons. The highest BCUT2D eigenvalue weighted by atomic mass is 35.5. The highest BCUT2D eigenvalue weighted by Gasteiger charge is 2.12. The highest BCUT2D eigenvalue weighted by Crippen LogP contribution is 2.26. The number of nitrogens with zero attached hydrogens (tertiary/aromatic N) is 2. The highest BCUT2D eigenvalue weighted by molar-refractivity contribution is 6.34. The number of aromatic nitrogens is 2. The maximum atomic E-state index is 6.09. The molecule has 2 aromatic rings. The van der Waals surface area contributed by atoms with Crippen LogP contribution < -0.4 is 5.32 Å². The minimum absolute atomic E-state index is 0.247. The van der Waals surface area contributed by atoms with Gasteiger partial charge in [0.2, 0.25) is 0 Å². The van der Waals surface area contributed by atoms with Crippen molar-refractivity contribution in [2.75, 3.05) is 6.54 Å². The number of benzene rings is 1. The molecule has 1 atom stereocenters. The fourth-order valence-corrected chi connectivity index (χ4v) is 2.86. The third kappa shape index (κ3) is 4.23. The van der Waals surface area contributed by atoms with Crippen molar-refractivity contribution in [1.29, 1.82) is 0 Å². The first-order valence-electron chi connectivity index (χ1n) is 6.75. The predicted molar refractivity (Wildman–Crippen MR) is 84.4 cm³/mol. The second-order valence-corrected chi connectivity index (χ2v) is 5.75. The van der Waals surface area contributed by atoms with Crippen molar-refractivity contribution in [3.05, 3.63) is 51.8 Å². The molecule has 0 amide bonds. The van der Waals surface area contributed by atoms with Gasteiger partial charge in [-0.25, -0.2) is 0 Å². The zero-order valence-electron chi connectivity index (χ0n) is 11.7. The van der Waals surface area contributed by atoms with E-state index in [0.717, 1.165) is 24.9 Å². The maximum Gasteiger partial charge on any atom is 0.0521 e. The Morgan fingerprint density at radius 1 is 1.25 bits per heavy atom. The Kier molecular flexibility index (Phi) is 5.46. The zero-order valence-corrected chi connectivity index (χ0v) is 13.2. The lowest BCUT2D eigenvalue weighted by Gasteiger charge is -2.18. The van der Waals surface area contributed by atoms with Gasteiger partial charge < -0.3 is 5.32 Å². The molecule has 0 aliphatic heterocycles. The van der Waals surface area contributed by atoms with Gasteiger partial charge in [0.25, 0.3) is 0 Å². The van der Waals surface area contributed by atoms with Crippen LogP contribution in [0.4, 0.5) is 0 Å². The summed E-state index contributed by atoms with van der Waals surface area (Å²) in [5.74, 6) is 0. The van der Waals surface area contributed by atoms with Gasteiger partial charge in [-0.2, -0.15) is 5.10 Å². The Morgan fingerprint density at radius 3 is 2.50 bits per heavy atom. The van der Waals surface area contributed by atoms with Crippen LogP contribution in [0.1, 0.15) is 30.5 Å². The first-order chi connectivity index (χ1) is 9.58.